The van der Waals surface area contributed by atoms with Crippen molar-refractivity contribution in [2.75, 3.05) is 13.2 Å². The van der Waals surface area contributed by atoms with Gasteiger partial charge < -0.3 is 14.6 Å². The monoisotopic (exact) mass is 191 g/mol. The highest BCUT2D eigenvalue weighted by atomic mass is 16.7. The third kappa shape index (κ3) is 2.91. The van der Waals surface area contributed by atoms with Crippen LogP contribution in [0, 0.1) is 10.1 Å². The molecular formula is C7H13NO5. The first-order chi connectivity index (χ1) is 5.91. The van der Waals surface area contributed by atoms with E-state index in [4.69, 9.17) is 9.47 Å². The summed E-state index contributed by atoms with van der Waals surface area (Å²) in [6, 6.07) is 0. The minimum absolute atomic E-state index is 0.196. The van der Waals surface area contributed by atoms with E-state index in [9.17, 15) is 15.2 Å². The molecular weight excluding hydrogens is 178 g/mol. The Morgan fingerprint density at radius 2 is 2.38 bits per heavy atom. The number of hydrogen-bond acceptors (Lipinski definition) is 5. The lowest BCUT2D eigenvalue weighted by atomic mass is 10.2. The second kappa shape index (κ2) is 3.57. The second-order valence-electron chi connectivity index (χ2n) is 3.45. The van der Waals surface area contributed by atoms with E-state index in [-0.39, 0.29) is 6.61 Å². The third-order valence-corrected chi connectivity index (χ3v) is 1.80. The maximum absolute atomic E-state index is 10.1. The Kier molecular flexibility index (Phi) is 2.84. The normalized spacial score (nSPS) is 28.7. The Balaban J connectivity index is 2.42. The van der Waals surface area contributed by atoms with Crippen LogP contribution in [-0.2, 0) is 9.47 Å². The Morgan fingerprint density at radius 3 is 2.77 bits per heavy atom. The maximum atomic E-state index is 10.1. The van der Waals surface area contributed by atoms with Gasteiger partial charge in [0.2, 0.25) is 6.54 Å². The lowest BCUT2D eigenvalue weighted by Crippen LogP contribution is -2.35. The van der Waals surface area contributed by atoms with Crippen molar-refractivity contribution < 1.29 is 19.5 Å². The molecule has 0 aliphatic carbocycles. The maximum Gasteiger partial charge on any atom is 0.232 e. The summed E-state index contributed by atoms with van der Waals surface area (Å²) in [7, 11) is 0. The summed E-state index contributed by atoms with van der Waals surface area (Å²) in [6.45, 7) is 3.09. The van der Waals surface area contributed by atoms with Gasteiger partial charge in [-0.1, -0.05) is 0 Å². The Labute approximate surface area is 75.6 Å². The molecule has 6 nitrogen and oxygen atoms in total. The van der Waals surface area contributed by atoms with E-state index in [2.05, 4.69) is 0 Å². The summed E-state index contributed by atoms with van der Waals surface area (Å²) in [5.41, 5.74) is 0. The van der Waals surface area contributed by atoms with Crippen LogP contribution in [0.1, 0.15) is 13.8 Å². The standard InChI is InChI=1S/C7H13NO5/c1-7(2)12-4-6(13-7)5(9)3-8(10)11/h5-6,9H,3-4H2,1-2H3/t5?,6-/m1/s1. The van der Waals surface area contributed by atoms with Crippen LogP contribution < -0.4 is 0 Å². The molecule has 1 aliphatic heterocycles. The average molecular weight is 191 g/mol. The van der Waals surface area contributed by atoms with Crippen LogP contribution in [0.2, 0.25) is 0 Å². The van der Waals surface area contributed by atoms with Gasteiger partial charge in [-0.05, 0) is 13.8 Å². The SMILES string of the molecule is CC1(C)OC[C@H](C(O)C[N+](=O)[O-])O1. The van der Waals surface area contributed by atoms with Crippen molar-refractivity contribution in [2.45, 2.75) is 31.8 Å². The minimum atomic E-state index is -1.10. The molecule has 1 aliphatic rings. The van der Waals surface area contributed by atoms with Crippen molar-refractivity contribution in [1.82, 2.24) is 0 Å². The highest BCUT2D eigenvalue weighted by Crippen LogP contribution is 2.24. The van der Waals surface area contributed by atoms with Crippen molar-refractivity contribution in [2.24, 2.45) is 0 Å². The van der Waals surface area contributed by atoms with Crippen LogP contribution in [0.4, 0.5) is 0 Å². The van der Waals surface area contributed by atoms with E-state index >= 15 is 0 Å². The van der Waals surface area contributed by atoms with Crippen molar-refractivity contribution in [1.29, 1.82) is 0 Å². The fourth-order valence-electron chi connectivity index (χ4n) is 1.18. The summed E-state index contributed by atoms with van der Waals surface area (Å²) in [5, 5.41) is 19.4. The molecule has 1 rings (SSSR count). The molecule has 0 aromatic heterocycles. The van der Waals surface area contributed by atoms with Gasteiger partial charge in [0.25, 0.3) is 0 Å². The number of rotatable bonds is 3. The van der Waals surface area contributed by atoms with Gasteiger partial charge in [-0.2, -0.15) is 0 Å². The molecule has 0 radical (unpaired) electrons. The molecule has 0 bridgehead atoms. The smallest absolute Gasteiger partial charge is 0.232 e. The highest BCUT2D eigenvalue weighted by Gasteiger charge is 2.38. The van der Waals surface area contributed by atoms with E-state index < -0.39 is 29.5 Å². The molecule has 0 saturated carbocycles. The summed E-state index contributed by atoms with van der Waals surface area (Å²) in [5.74, 6) is -0.748. The van der Waals surface area contributed by atoms with Gasteiger partial charge in [0.05, 0.1) is 6.61 Å². The van der Waals surface area contributed by atoms with Crippen molar-refractivity contribution >= 4 is 0 Å². The van der Waals surface area contributed by atoms with Crippen LogP contribution in [-0.4, -0.2) is 41.2 Å². The summed E-state index contributed by atoms with van der Waals surface area (Å²) in [4.78, 5) is 9.51. The number of nitro groups is 1. The first-order valence-corrected chi connectivity index (χ1v) is 4.02. The number of aliphatic hydroxyl groups excluding tert-OH is 1. The molecule has 76 valence electrons. The van der Waals surface area contributed by atoms with Gasteiger partial charge in [0.1, 0.15) is 12.2 Å². The lowest BCUT2D eigenvalue weighted by molar-refractivity contribution is -0.493. The fourth-order valence-corrected chi connectivity index (χ4v) is 1.18. The molecule has 1 saturated heterocycles. The number of hydrogen-bond donors (Lipinski definition) is 1. The van der Waals surface area contributed by atoms with E-state index in [1.165, 1.54) is 0 Å². The van der Waals surface area contributed by atoms with Gasteiger partial charge in [-0.25, -0.2) is 0 Å². The van der Waals surface area contributed by atoms with Crippen LogP contribution >= 0.6 is 0 Å². The van der Waals surface area contributed by atoms with Gasteiger partial charge in [0.15, 0.2) is 5.79 Å². The molecule has 6 heteroatoms. The Bertz CT molecular complexity index is 205. The molecule has 0 amide bonds. The predicted octanol–water partition coefficient (Wildman–Crippen LogP) is -0.224. The summed E-state index contributed by atoms with van der Waals surface area (Å²) in [6.07, 6.45) is -1.70. The van der Waals surface area contributed by atoms with Crippen molar-refractivity contribution in [3.63, 3.8) is 0 Å². The second-order valence-corrected chi connectivity index (χ2v) is 3.45. The van der Waals surface area contributed by atoms with E-state index in [1.807, 2.05) is 0 Å². The average Bonchev–Trinajstić information content (AvgIpc) is 2.28. The molecule has 13 heavy (non-hydrogen) atoms. The van der Waals surface area contributed by atoms with Crippen LogP contribution in [0.25, 0.3) is 0 Å². The summed E-state index contributed by atoms with van der Waals surface area (Å²) >= 11 is 0. The Hall–Kier alpha value is -0.720. The zero-order chi connectivity index (χ0) is 10.1. The molecule has 1 heterocycles. The summed E-state index contributed by atoms with van der Waals surface area (Å²) < 4.78 is 10.4. The first-order valence-electron chi connectivity index (χ1n) is 4.02. The number of ether oxygens (including phenoxy) is 2. The van der Waals surface area contributed by atoms with Crippen molar-refractivity contribution in [3.05, 3.63) is 10.1 Å². The fraction of sp³-hybridized carbons (Fsp3) is 1.00. The highest BCUT2D eigenvalue weighted by molar-refractivity contribution is 4.76. The molecule has 0 aromatic rings. The quantitative estimate of drug-likeness (QED) is 0.492. The van der Waals surface area contributed by atoms with Gasteiger partial charge in [-0.15, -0.1) is 0 Å². The van der Waals surface area contributed by atoms with Gasteiger partial charge >= 0.3 is 0 Å². The molecule has 1 N–H and O–H groups in total. The zero-order valence-corrected chi connectivity index (χ0v) is 7.60. The molecule has 0 aromatic carbocycles. The largest absolute Gasteiger partial charge is 0.383 e. The third-order valence-electron chi connectivity index (χ3n) is 1.80. The van der Waals surface area contributed by atoms with Crippen LogP contribution in [0.15, 0.2) is 0 Å². The van der Waals surface area contributed by atoms with Crippen LogP contribution in [0.5, 0.6) is 0 Å². The zero-order valence-electron chi connectivity index (χ0n) is 7.60. The first kappa shape index (κ1) is 10.4. The van der Waals surface area contributed by atoms with Crippen molar-refractivity contribution in [3.8, 4) is 0 Å². The van der Waals surface area contributed by atoms with Crippen LogP contribution in [0.3, 0.4) is 0 Å². The van der Waals surface area contributed by atoms with E-state index in [1.54, 1.807) is 13.8 Å². The van der Waals surface area contributed by atoms with E-state index in [0.717, 1.165) is 0 Å². The number of nitrogens with zero attached hydrogens (tertiary/aromatic N) is 1. The lowest BCUT2D eigenvalue weighted by Gasteiger charge is -2.18. The topological polar surface area (TPSA) is 81.8 Å². The number of aliphatic hydroxyl groups is 1. The Morgan fingerprint density at radius 1 is 1.77 bits per heavy atom. The predicted molar refractivity (Wildman–Crippen MR) is 42.8 cm³/mol. The molecule has 1 unspecified atom stereocenters. The van der Waals surface area contributed by atoms with E-state index in [0.29, 0.717) is 0 Å². The molecule has 1 fully saturated rings. The van der Waals surface area contributed by atoms with Gasteiger partial charge in [0, 0.05) is 4.92 Å². The molecule has 2 atom stereocenters. The van der Waals surface area contributed by atoms with Gasteiger partial charge in [-0.3, -0.25) is 10.1 Å². The molecule has 0 spiro atoms. The minimum Gasteiger partial charge on any atom is -0.383 e.